The molecule has 6 heteroatoms. The van der Waals surface area contributed by atoms with Crippen molar-refractivity contribution < 1.29 is 9.05 Å². The number of benzene rings is 1. The van der Waals surface area contributed by atoms with Gasteiger partial charge in [-0.3, -0.25) is 9.80 Å². The molecule has 0 spiro atoms. The highest BCUT2D eigenvalue weighted by Crippen LogP contribution is 2.21. The second-order valence-electron chi connectivity index (χ2n) is 6.48. The highest BCUT2D eigenvalue weighted by atomic mass is 16.5. The minimum Gasteiger partial charge on any atom is -0.361 e. The van der Waals surface area contributed by atoms with E-state index in [-0.39, 0.29) is 0 Å². The van der Waals surface area contributed by atoms with Gasteiger partial charge in [0.2, 0.25) is 0 Å². The van der Waals surface area contributed by atoms with Crippen molar-refractivity contribution in [1.29, 1.82) is 0 Å². The van der Waals surface area contributed by atoms with Crippen molar-refractivity contribution in [2.24, 2.45) is 0 Å². The molecule has 1 fully saturated rings. The number of rotatable bonds is 4. The molecule has 0 radical (unpaired) electrons. The van der Waals surface area contributed by atoms with Gasteiger partial charge in [-0.25, -0.2) is 0 Å². The molecule has 24 heavy (non-hydrogen) atoms. The van der Waals surface area contributed by atoms with Crippen molar-refractivity contribution in [3.05, 3.63) is 47.0 Å². The van der Waals surface area contributed by atoms with E-state index in [1.54, 1.807) is 0 Å². The van der Waals surface area contributed by atoms with E-state index in [1.807, 2.05) is 32.0 Å². The van der Waals surface area contributed by atoms with Crippen molar-refractivity contribution in [1.82, 2.24) is 20.1 Å². The maximum absolute atomic E-state index is 5.40. The lowest BCUT2D eigenvalue weighted by atomic mass is 10.1. The van der Waals surface area contributed by atoms with Crippen LogP contribution >= 0.6 is 0 Å². The molecular weight excluding hydrogens is 304 g/mol. The third kappa shape index (κ3) is 2.95. The Kier molecular flexibility index (Phi) is 4.08. The van der Waals surface area contributed by atoms with Crippen LogP contribution in [0.5, 0.6) is 0 Å². The standard InChI is InChI=1S/C18H22N4O2/c1-13-16(14(2)23-19-13)11-21-7-9-22(10-8-21)12-17-15-5-3-4-6-18(15)24-20-17/h3-6H,7-12H2,1-2H3. The Morgan fingerprint density at radius 2 is 1.62 bits per heavy atom. The van der Waals surface area contributed by atoms with E-state index in [4.69, 9.17) is 9.05 Å². The zero-order chi connectivity index (χ0) is 16.5. The van der Waals surface area contributed by atoms with Gasteiger partial charge in [-0.15, -0.1) is 0 Å². The maximum Gasteiger partial charge on any atom is 0.167 e. The Labute approximate surface area is 141 Å². The minimum atomic E-state index is 0.843. The molecule has 0 aliphatic carbocycles. The molecule has 0 N–H and O–H groups in total. The second-order valence-corrected chi connectivity index (χ2v) is 6.48. The summed E-state index contributed by atoms with van der Waals surface area (Å²) in [5.41, 5.74) is 4.13. The zero-order valence-corrected chi connectivity index (χ0v) is 14.2. The van der Waals surface area contributed by atoms with Crippen LogP contribution in [0.4, 0.5) is 0 Å². The quantitative estimate of drug-likeness (QED) is 0.735. The van der Waals surface area contributed by atoms with E-state index in [2.05, 4.69) is 26.2 Å². The molecule has 4 rings (SSSR count). The molecule has 1 aliphatic heterocycles. The fraction of sp³-hybridized carbons (Fsp3) is 0.444. The van der Waals surface area contributed by atoms with Gasteiger partial charge in [-0.05, 0) is 26.0 Å². The lowest BCUT2D eigenvalue weighted by Crippen LogP contribution is -2.45. The van der Waals surface area contributed by atoms with Crippen LogP contribution < -0.4 is 0 Å². The molecule has 0 unspecified atom stereocenters. The molecule has 6 nitrogen and oxygen atoms in total. The van der Waals surface area contributed by atoms with E-state index < -0.39 is 0 Å². The SMILES string of the molecule is Cc1noc(C)c1CN1CCN(Cc2noc3ccccc23)CC1. The molecule has 1 aliphatic rings. The van der Waals surface area contributed by atoms with E-state index in [0.29, 0.717) is 0 Å². The Hall–Kier alpha value is -2.18. The Morgan fingerprint density at radius 1 is 0.917 bits per heavy atom. The number of aromatic nitrogens is 2. The van der Waals surface area contributed by atoms with E-state index in [1.165, 1.54) is 5.56 Å². The first kappa shape index (κ1) is 15.4. The summed E-state index contributed by atoms with van der Waals surface area (Å²) in [6.07, 6.45) is 0. The molecule has 0 saturated carbocycles. The first-order valence-corrected chi connectivity index (χ1v) is 8.40. The molecule has 0 amide bonds. The van der Waals surface area contributed by atoms with Crippen LogP contribution in [-0.4, -0.2) is 46.3 Å². The van der Waals surface area contributed by atoms with Crippen molar-refractivity contribution in [2.75, 3.05) is 26.2 Å². The van der Waals surface area contributed by atoms with Gasteiger partial charge in [0.25, 0.3) is 0 Å². The Balaban J connectivity index is 1.36. The summed E-state index contributed by atoms with van der Waals surface area (Å²) in [6, 6.07) is 8.05. The van der Waals surface area contributed by atoms with Crippen LogP contribution in [0.2, 0.25) is 0 Å². The summed E-state index contributed by atoms with van der Waals surface area (Å²) in [6.45, 7) is 9.91. The Morgan fingerprint density at radius 3 is 2.33 bits per heavy atom. The molecule has 1 aromatic carbocycles. The van der Waals surface area contributed by atoms with Gasteiger partial charge >= 0.3 is 0 Å². The molecule has 2 aromatic heterocycles. The first-order valence-electron chi connectivity index (χ1n) is 8.40. The normalized spacial score (nSPS) is 16.9. The summed E-state index contributed by atoms with van der Waals surface area (Å²) in [5, 5.41) is 9.41. The van der Waals surface area contributed by atoms with Crippen molar-refractivity contribution in [3.8, 4) is 0 Å². The minimum absolute atomic E-state index is 0.843. The average molecular weight is 326 g/mol. The molecule has 0 bridgehead atoms. The number of para-hydroxylation sites is 1. The number of nitrogens with zero attached hydrogens (tertiary/aromatic N) is 4. The topological polar surface area (TPSA) is 58.5 Å². The van der Waals surface area contributed by atoms with Gasteiger partial charge in [0.05, 0.1) is 5.69 Å². The molecular formula is C18H22N4O2. The zero-order valence-electron chi connectivity index (χ0n) is 14.2. The molecule has 1 saturated heterocycles. The van der Waals surface area contributed by atoms with Crippen LogP contribution in [-0.2, 0) is 13.1 Å². The van der Waals surface area contributed by atoms with Crippen LogP contribution in [0, 0.1) is 13.8 Å². The number of hydrogen-bond donors (Lipinski definition) is 0. The molecule has 3 heterocycles. The van der Waals surface area contributed by atoms with Gasteiger partial charge in [0.1, 0.15) is 11.5 Å². The van der Waals surface area contributed by atoms with Gasteiger partial charge in [-0.2, -0.15) is 0 Å². The van der Waals surface area contributed by atoms with Crippen molar-refractivity contribution in [3.63, 3.8) is 0 Å². The molecule has 126 valence electrons. The number of aryl methyl sites for hydroxylation is 2. The van der Waals surface area contributed by atoms with Crippen LogP contribution in [0.25, 0.3) is 11.0 Å². The van der Waals surface area contributed by atoms with Crippen LogP contribution in [0.15, 0.2) is 33.3 Å². The van der Waals surface area contributed by atoms with Gasteiger partial charge < -0.3 is 9.05 Å². The first-order chi connectivity index (χ1) is 11.7. The number of hydrogen-bond acceptors (Lipinski definition) is 6. The fourth-order valence-corrected chi connectivity index (χ4v) is 3.32. The lowest BCUT2D eigenvalue weighted by molar-refractivity contribution is 0.120. The Bertz CT molecular complexity index is 811. The van der Waals surface area contributed by atoms with Crippen LogP contribution in [0.3, 0.4) is 0 Å². The predicted octanol–water partition coefficient (Wildman–Crippen LogP) is 2.75. The van der Waals surface area contributed by atoms with Crippen LogP contribution in [0.1, 0.15) is 22.7 Å². The number of piperazine rings is 1. The summed E-state index contributed by atoms with van der Waals surface area (Å²) in [5.74, 6) is 0.934. The maximum atomic E-state index is 5.40. The van der Waals surface area contributed by atoms with E-state index in [0.717, 1.165) is 67.4 Å². The summed E-state index contributed by atoms with van der Waals surface area (Å²) in [4.78, 5) is 4.90. The lowest BCUT2D eigenvalue weighted by Gasteiger charge is -2.34. The van der Waals surface area contributed by atoms with E-state index >= 15 is 0 Å². The largest absolute Gasteiger partial charge is 0.361 e. The number of fused-ring (bicyclic) bond motifs is 1. The second kappa shape index (κ2) is 6.37. The molecule has 0 atom stereocenters. The highest BCUT2D eigenvalue weighted by Gasteiger charge is 2.21. The molecule has 3 aromatic rings. The van der Waals surface area contributed by atoms with Crippen molar-refractivity contribution >= 4 is 11.0 Å². The van der Waals surface area contributed by atoms with Crippen molar-refractivity contribution in [2.45, 2.75) is 26.9 Å². The van der Waals surface area contributed by atoms with Gasteiger partial charge in [-0.1, -0.05) is 22.4 Å². The summed E-state index contributed by atoms with van der Waals surface area (Å²) in [7, 11) is 0. The summed E-state index contributed by atoms with van der Waals surface area (Å²) >= 11 is 0. The summed E-state index contributed by atoms with van der Waals surface area (Å²) < 4.78 is 10.7. The third-order valence-electron chi connectivity index (χ3n) is 4.85. The van der Waals surface area contributed by atoms with E-state index in [9.17, 15) is 0 Å². The third-order valence-corrected chi connectivity index (χ3v) is 4.85. The highest BCUT2D eigenvalue weighted by molar-refractivity contribution is 5.79. The average Bonchev–Trinajstić information content (AvgIpc) is 3.15. The smallest absolute Gasteiger partial charge is 0.167 e. The monoisotopic (exact) mass is 326 g/mol. The fourth-order valence-electron chi connectivity index (χ4n) is 3.32. The van der Waals surface area contributed by atoms with Gasteiger partial charge in [0.15, 0.2) is 5.58 Å². The van der Waals surface area contributed by atoms with Gasteiger partial charge in [0, 0.05) is 50.2 Å². The predicted molar refractivity (Wildman–Crippen MR) is 90.5 cm³/mol.